The molecule has 1 saturated carbocycles. The first-order valence-electron chi connectivity index (χ1n) is 9.98. The van der Waals surface area contributed by atoms with Gasteiger partial charge in [0.05, 0.1) is 6.26 Å². The van der Waals surface area contributed by atoms with E-state index in [9.17, 15) is 0 Å². The lowest BCUT2D eigenvalue weighted by molar-refractivity contribution is 0.105. The molecule has 5 nitrogen and oxygen atoms in total. The third kappa shape index (κ3) is 5.50. The SMILES string of the molecule is CN=C(NCCc1ccco1)NC1CCC(N2CCC(C)CC2)CC1. The number of likely N-dealkylation sites (tertiary alicyclic amines) is 1. The molecule has 0 atom stereocenters. The Kier molecular flexibility index (Phi) is 6.79. The molecule has 2 aliphatic rings. The van der Waals surface area contributed by atoms with Gasteiger partial charge in [-0.1, -0.05) is 6.92 Å². The molecule has 0 aromatic carbocycles. The van der Waals surface area contributed by atoms with Crippen molar-refractivity contribution in [2.75, 3.05) is 26.7 Å². The van der Waals surface area contributed by atoms with E-state index in [0.29, 0.717) is 6.04 Å². The maximum Gasteiger partial charge on any atom is 0.191 e. The van der Waals surface area contributed by atoms with Crippen LogP contribution in [0.1, 0.15) is 51.2 Å². The molecule has 2 heterocycles. The highest BCUT2D eigenvalue weighted by Gasteiger charge is 2.28. The molecule has 5 heteroatoms. The van der Waals surface area contributed by atoms with Gasteiger partial charge in [0.2, 0.25) is 0 Å². The van der Waals surface area contributed by atoms with Crippen LogP contribution in [0.2, 0.25) is 0 Å². The molecule has 1 aromatic heterocycles. The summed E-state index contributed by atoms with van der Waals surface area (Å²) in [6.45, 7) is 5.84. The molecule has 140 valence electrons. The van der Waals surface area contributed by atoms with Gasteiger partial charge in [-0.3, -0.25) is 4.99 Å². The lowest BCUT2D eigenvalue weighted by atomic mass is 9.88. The maximum atomic E-state index is 5.37. The highest BCUT2D eigenvalue weighted by atomic mass is 16.3. The van der Waals surface area contributed by atoms with Crippen LogP contribution in [-0.2, 0) is 6.42 Å². The van der Waals surface area contributed by atoms with Crippen LogP contribution in [0, 0.1) is 5.92 Å². The molecule has 1 saturated heterocycles. The summed E-state index contributed by atoms with van der Waals surface area (Å²) < 4.78 is 5.37. The van der Waals surface area contributed by atoms with Crippen LogP contribution in [0.4, 0.5) is 0 Å². The van der Waals surface area contributed by atoms with E-state index in [1.165, 1.54) is 51.6 Å². The first-order valence-corrected chi connectivity index (χ1v) is 9.98. The summed E-state index contributed by atoms with van der Waals surface area (Å²) >= 11 is 0. The van der Waals surface area contributed by atoms with Crippen LogP contribution in [0.25, 0.3) is 0 Å². The largest absolute Gasteiger partial charge is 0.469 e. The van der Waals surface area contributed by atoms with Crippen molar-refractivity contribution in [3.05, 3.63) is 24.2 Å². The Morgan fingerprint density at radius 1 is 1.20 bits per heavy atom. The van der Waals surface area contributed by atoms with Crippen molar-refractivity contribution in [2.24, 2.45) is 10.9 Å². The molecule has 2 N–H and O–H groups in total. The summed E-state index contributed by atoms with van der Waals surface area (Å²) in [4.78, 5) is 7.11. The summed E-state index contributed by atoms with van der Waals surface area (Å²) in [6.07, 6.45) is 10.5. The zero-order chi connectivity index (χ0) is 17.5. The molecule has 1 aliphatic heterocycles. The number of piperidine rings is 1. The second-order valence-corrected chi connectivity index (χ2v) is 7.70. The number of guanidine groups is 1. The number of hydrogen-bond acceptors (Lipinski definition) is 3. The Morgan fingerprint density at radius 3 is 2.60 bits per heavy atom. The molecule has 3 rings (SSSR count). The Labute approximate surface area is 152 Å². The zero-order valence-corrected chi connectivity index (χ0v) is 15.8. The molecule has 25 heavy (non-hydrogen) atoms. The van der Waals surface area contributed by atoms with Crippen molar-refractivity contribution in [3.63, 3.8) is 0 Å². The third-order valence-electron chi connectivity index (χ3n) is 5.84. The van der Waals surface area contributed by atoms with Gasteiger partial charge in [-0.2, -0.15) is 0 Å². The number of furan rings is 1. The van der Waals surface area contributed by atoms with Crippen LogP contribution in [0.5, 0.6) is 0 Å². The number of nitrogens with zero attached hydrogens (tertiary/aromatic N) is 2. The molecule has 0 bridgehead atoms. The van der Waals surface area contributed by atoms with Gasteiger partial charge in [-0.05, 0) is 69.7 Å². The van der Waals surface area contributed by atoms with Crippen molar-refractivity contribution in [1.82, 2.24) is 15.5 Å². The molecular weight excluding hydrogens is 312 g/mol. The summed E-state index contributed by atoms with van der Waals surface area (Å²) in [6, 6.07) is 5.30. The van der Waals surface area contributed by atoms with E-state index in [-0.39, 0.29) is 0 Å². The van der Waals surface area contributed by atoms with Gasteiger partial charge < -0.3 is 20.0 Å². The average Bonchev–Trinajstić information content (AvgIpc) is 3.16. The van der Waals surface area contributed by atoms with Gasteiger partial charge in [0.15, 0.2) is 5.96 Å². The Hall–Kier alpha value is -1.49. The first-order chi connectivity index (χ1) is 12.2. The van der Waals surface area contributed by atoms with Crippen LogP contribution in [0.3, 0.4) is 0 Å². The fourth-order valence-corrected chi connectivity index (χ4v) is 4.13. The number of aliphatic imine (C=N–C) groups is 1. The van der Waals surface area contributed by atoms with Gasteiger partial charge in [0, 0.05) is 32.1 Å². The van der Waals surface area contributed by atoms with E-state index in [2.05, 4.69) is 27.4 Å². The van der Waals surface area contributed by atoms with E-state index in [1.807, 2.05) is 19.2 Å². The third-order valence-corrected chi connectivity index (χ3v) is 5.84. The predicted molar refractivity (Wildman–Crippen MR) is 103 cm³/mol. The van der Waals surface area contributed by atoms with Crippen LogP contribution in [0.15, 0.2) is 27.8 Å². The van der Waals surface area contributed by atoms with Crippen molar-refractivity contribution >= 4 is 5.96 Å². The Bertz CT molecular complexity index is 512. The minimum Gasteiger partial charge on any atom is -0.469 e. The number of nitrogens with one attached hydrogen (secondary N) is 2. The van der Waals surface area contributed by atoms with Crippen LogP contribution >= 0.6 is 0 Å². The second kappa shape index (κ2) is 9.27. The fraction of sp³-hybridized carbons (Fsp3) is 0.750. The van der Waals surface area contributed by atoms with E-state index < -0.39 is 0 Å². The summed E-state index contributed by atoms with van der Waals surface area (Å²) in [5, 5.41) is 7.01. The highest BCUT2D eigenvalue weighted by molar-refractivity contribution is 5.79. The molecule has 0 unspecified atom stereocenters. The summed E-state index contributed by atoms with van der Waals surface area (Å²) in [5.74, 6) is 2.85. The molecule has 0 amide bonds. The first kappa shape index (κ1) is 18.3. The van der Waals surface area contributed by atoms with E-state index in [4.69, 9.17) is 4.42 Å². The fourth-order valence-electron chi connectivity index (χ4n) is 4.13. The van der Waals surface area contributed by atoms with Crippen molar-refractivity contribution in [1.29, 1.82) is 0 Å². The topological polar surface area (TPSA) is 52.8 Å². The molecule has 2 fully saturated rings. The Balaban J connectivity index is 1.35. The normalized spacial score (nSPS) is 26.6. The van der Waals surface area contributed by atoms with Crippen molar-refractivity contribution < 1.29 is 4.42 Å². The predicted octanol–water partition coefficient (Wildman–Crippen LogP) is 3.03. The van der Waals surface area contributed by atoms with Gasteiger partial charge in [0.1, 0.15) is 5.76 Å². The molecular formula is C20H34N4O. The summed E-state index contributed by atoms with van der Waals surface area (Å²) in [5.41, 5.74) is 0. The molecule has 1 aromatic rings. The number of rotatable bonds is 5. The highest BCUT2D eigenvalue weighted by Crippen LogP contribution is 2.27. The second-order valence-electron chi connectivity index (χ2n) is 7.70. The zero-order valence-electron chi connectivity index (χ0n) is 15.8. The van der Waals surface area contributed by atoms with Crippen LogP contribution in [-0.4, -0.2) is 49.6 Å². The molecule has 0 spiro atoms. The lowest BCUT2D eigenvalue weighted by Crippen LogP contribution is -2.49. The van der Waals surface area contributed by atoms with E-state index in [1.54, 1.807) is 6.26 Å². The quantitative estimate of drug-likeness (QED) is 0.636. The smallest absolute Gasteiger partial charge is 0.191 e. The minimum atomic E-state index is 0.551. The van der Waals surface area contributed by atoms with E-state index in [0.717, 1.165) is 36.6 Å². The monoisotopic (exact) mass is 346 g/mol. The Morgan fingerprint density at radius 2 is 1.96 bits per heavy atom. The minimum absolute atomic E-state index is 0.551. The molecule has 0 radical (unpaired) electrons. The van der Waals surface area contributed by atoms with Gasteiger partial charge >= 0.3 is 0 Å². The van der Waals surface area contributed by atoms with Crippen molar-refractivity contribution in [2.45, 2.75) is 64.0 Å². The van der Waals surface area contributed by atoms with E-state index >= 15 is 0 Å². The standard InChI is InChI=1S/C20H34N4O/c1-16-10-13-24(14-11-16)18-7-5-17(6-8-18)23-20(21-2)22-12-9-19-4-3-15-25-19/h3-4,15-18H,5-14H2,1-2H3,(H2,21,22,23). The van der Waals surface area contributed by atoms with Gasteiger partial charge in [-0.15, -0.1) is 0 Å². The van der Waals surface area contributed by atoms with Gasteiger partial charge in [-0.25, -0.2) is 0 Å². The lowest BCUT2D eigenvalue weighted by Gasteiger charge is -2.40. The number of hydrogen-bond donors (Lipinski definition) is 2. The van der Waals surface area contributed by atoms with Crippen LogP contribution < -0.4 is 10.6 Å². The maximum absolute atomic E-state index is 5.37. The van der Waals surface area contributed by atoms with Gasteiger partial charge in [0.25, 0.3) is 0 Å². The van der Waals surface area contributed by atoms with Crippen molar-refractivity contribution in [3.8, 4) is 0 Å². The molecule has 1 aliphatic carbocycles. The summed E-state index contributed by atoms with van der Waals surface area (Å²) in [7, 11) is 1.85. The average molecular weight is 347 g/mol.